The maximum absolute atomic E-state index is 2.60. The van der Waals surface area contributed by atoms with Gasteiger partial charge in [-0.2, -0.15) is 0 Å². The lowest BCUT2D eigenvalue weighted by Crippen LogP contribution is -2.30. The Kier molecular flexibility index (Phi) is 5.14. The standard InChI is InChI=1S/C24H26N2/c1-20-12-14-23(15-13-20)24-25(18-21-8-4-2-5-9-21)16-17-26(24)19-22-10-6-3-7-11-22/h2-15,24H,16-19H2,1H3. The molecule has 0 atom stereocenters. The van der Waals surface area contributed by atoms with Crippen LogP contribution in [0.2, 0.25) is 0 Å². The van der Waals surface area contributed by atoms with Gasteiger partial charge in [0.25, 0.3) is 0 Å². The molecule has 0 aromatic heterocycles. The summed E-state index contributed by atoms with van der Waals surface area (Å²) in [5.41, 5.74) is 5.47. The third-order valence-electron chi connectivity index (χ3n) is 5.20. The smallest absolute Gasteiger partial charge is 0.0892 e. The molecule has 2 nitrogen and oxygen atoms in total. The minimum atomic E-state index is 0.330. The van der Waals surface area contributed by atoms with Crippen molar-refractivity contribution in [1.29, 1.82) is 0 Å². The lowest BCUT2D eigenvalue weighted by molar-refractivity contribution is 0.126. The molecule has 0 unspecified atom stereocenters. The Hall–Kier alpha value is -2.42. The van der Waals surface area contributed by atoms with E-state index in [1.165, 1.54) is 22.3 Å². The van der Waals surface area contributed by atoms with Crippen LogP contribution < -0.4 is 0 Å². The Morgan fingerprint density at radius 2 is 1.12 bits per heavy atom. The van der Waals surface area contributed by atoms with E-state index < -0.39 is 0 Å². The Balaban J connectivity index is 1.60. The zero-order valence-electron chi connectivity index (χ0n) is 15.4. The summed E-state index contributed by atoms with van der Waals surface area (Å²) in [7, 11) is 0. The molecule has 0 amide bonds. The highest BCUT2D eigenvalue weighted by molar-refractivity contribution is 5.26. The summed E-state index contributed by atoms with van der Waals surface area (Å²) in [6.45, 7) is 6.33. The van der Waals surface area contributed by atoms with Crippen LogP contribution >= 0.6 is 0 Å². The third kappa shape index (κ3) is 3.87. The predicted molar refractivity (Wildman–Crippen MR) is 108 cm³/mol. The van der Waals surface area contributed by atoms with Gasteiger partial charge in [0, 0.05) is 26.2 Å². The van der Waals surface area contributed by atoms with Crippen LogP contribution in [0.3, 0.4) is 0 Å². The number of nitrogens with zero attached hydrogens (tertiary/aromatic N) is 2. The molecule has 0 saturated carbocycles. The van der Waals surface area contributed by atoms with E-state index in [2.05, 4.69) is 102 Å². The van der Waals surface area contributed by atoms with Gasteiger partial charge in [0.2, 0.25) is 0 Å². The highest BCUT2D eigenvalue weighted by Crippen LogP contribution is 2.32. The van der Waals surface area contributed by atoms with Crippen LogP contribution in [0.15, 0.2) is 84.9 Å². The molecule has 1 aliphatic rings. The van der Waals surface area contributed by atoms with Gasteiger partial charge >= 0.3 is 0 Å². The van der Waals surface area contributed by atoms with Crippen molar-refractivity contribution in [3.8, 4) is 0 Å². The fraction of sp³-hybridized carbons (Fsp3) is 0.250. The summed E-state index contributed by atoms with van der Waals surface area (Å²) in [6, 6.07) is 30.7. The second-order valence-corrected chi connectivity index (χ2v) is 7.20. The molecule has 1 fully saturated rings. The molecule has 26 heavy (non-hydrogen) atoms. The van der Waals surface area contributed by atoms with Crippen LogP contribution in [-0.2, 0) is 13.1 Å². The van der Waals surface area contributed by atoms with Crippen LogP contribution in [-0.4, -0.2) is 22.9 Å². The van der Waals surface area contributed by atoms with Gasteiger partial charge in [0.05, 0.1) is 6.17 Å². The lowest BCUT2D eigenvalue weighted by Gasteiger charge is -2.31. The van der Waals surface area contributed by atoms with E-state index >= 15 is 0 Å². The Labute approximate surface area is 156 Å². The first-order chi connectivity index (χ1) is 12.8. The minimum Gasteiger partial charge on any atom is -0.279 e. The lowest BCUT2D eigenvalue weighted by atomic mass is 10.1. The fourth-order valence-electron chi connectivity index (χ4n) is 3.86. The van der Waals surface area contributed by atoms with Gasteiger partial charge in [-0.1, -0.05) is 90.5 Å². The Morgan fingerprint density at radius 1 is 0.654 bits per heavy atom. The zero-order chi connectivity index (χ0) is 17.8. The molecular weight excluding hydrogens is 316 g/mol. The van der Waals surface area contributed by atoms with Crippen molar-refractivity contribution in [3.05, 3.63) is 107 Å². The van der Waals surface area contributed by atoms with Gasteiger partial charge in [0.15, 0.2) is 0 Å². The number of rotatable bonds is 5. The second-order valence-electron chi connectivity index (χ2n) is 7.20. The van der Waals surface area contributed by atoms with Crippen molar-refractivity contribution >= 4 is 0 Å². The molecule has 3 aromatic rings. The number of hydrogen-bond acceptors (Lipinski definition) is 2. The van der Waals surface area contributed by atoms with Gasteiger partial charge in [-0.25, -0.2) is 0 Å². The van der Waals surface area contributed by atoms with E-state index in [0.717, 1.165) is 26.2 Å². The first-order valence-corrected chi connectivity index (χ1v) is 9.42. The molecule has 1 heterocycles. The minimum absolute atomic E-state index is 0.330. The maximum atomic E-state index is 2.60. The van der Waals surface area contributed by atoms with E-state index in [-0.39, 0.29) is 0 Å². The topological polar surface area (TPSA) is 6.48 Å². The summed E-state index contributed by atoms with van der Waals surface area (Å²) >= 11 is 0. The van der Waals surface area contributed by atoms with Gasteiger partial charge < -0.3 is 0 Å². The van der Waals surface area contributed by atoms with Crippen molar-refractivity contribution in [2.75, 3.05) is 13.1 Å². The molecule has 0 spiro atoms. The zero-order valence-corrected chi connectivity index (χ0v) is 15.4. The van der Waals surface area contributed by atoms with E-state index in [0.29, 0.717) is 6.17 Å². The van der Waals surface area contributed by atoms with Gasteiger partial charge in [-0.3, -0.25) is 9.80 Å². The molecule has 0 bridgehead atoms. The highest BCUT2D eigenvalue weighted by atomic mass is 15.4. The highest BCUT2D eigenvalue weighted by Gasteiger charge is 2.32. The van der Waals surface area contributed by atoms with Gasteiger partial charge in [-0.05, 0) is 23.6 Å². The molecule has 0 radical (unpaired) electrons. The van der Waals surface area contributed by atoms with E-state index in [1.807, 2.05) is 0 Å². The first kappa shape index (κ1) is 17.0. The van der Waals surface area contributed by atoms with E-state index in [4.69, 9.17) is 0 Å². The predicted octanol–water partition coefficient (Wildman–Crippen LogP) is 5.01. The second kappa shape index (κ2) is 7.86. The van der Waals surface area contributed by atoms with Gasteiger partial charge in [-0.15, -0.1) is 0 Å². The van der Waals surface area contributed by atoms with E-state index in [1.54, 1.807) is 0 Å². The molecule has 4 rings (SSSR count). The average Bonchev–Trinajstić information content (AvgIpc) is 3.06. The molecule has 1 aliphatic heterocycles. The molecule has 3 aromatic carbocycles. The van der Waals surface area contributed by atoms with Crippen LogP contribution in [0, 0.1) is 6.92 Å². The first-order valence-electron chi connectivity index (χ1n) is 9.42. The number of aryl methyl sites for hydroxylation is 1. The van der Waals surface area contributed by atoms with Crippen molar-refractivity contribution in [1.82, 2.24) is 9.80 Å². The van der Waals surface area contributed by atoms with Crippen LogP contribution in [0.5, 0.6) is 0 Å². The monoisotopic (exact) mass is 342 g/mol. The van der Waals surface area contributed by atoms with Gasteiger partial charge in [0.1, 0.15) is 0 Å². The van der Waals surface area contributed by atoms with Crippen molar-refractivity contribution in [2.24, 2.45) is 0 Å². The van der Waals surface area contributed by atoms with Crippen LogP contribution in [0.1, 0.15) is 28.4 Å². The molecule has 0 N–H and O–H groups in total. The SMILES string of the molecule is Cc1ccc(C2N(Cc3ccccc3)CCN2Cc2ccccc2)cc1. The fourth-order valence-corrected chi connectivity index (χ4v) is 3.86. The summed E-state index contributed by atoms with van der Waals surface area (Å²) in [4.78, 5) is 5.20. The van der Waals surface area contributed by atoms with Crippen molar-refractivity contribution < 1.29 is 0 Å². The molecule has 0 aliphatic carbocycles. The van der Waals surface area contributed by atoms with Crippen molar-refractivity contribution in [3.63, 3.8) is 0 Å². The summed E-state index contributed by atoms with van der Waals surface area (Å²) < 4.78 is 0. The Bertz CT molecular complexity index is 762. The van der Waals surface area contributed by atoms with E-state index in [9.17, 15) is 0 Å². The summed E-state index contributed by atoms with van der Waals surface area (Å²) in [5.74, 6) is 0. The maximum Gasteiger partial charge on any atom is 0.0892 e. The Morgan fingerprint density at radius 3 is 1.58 bits per heavy atom. The quantitative estimate of drug-likeness (QED) is 0.643. The molecular formula is C24H26N2. The van der Waals surface area contributed by atoms with Crippen LogP contribution in [0.25, 0.3) is 0 Å². The summed E-state index contributed by atoms with van der Waals surface area (Å²) in [5, 5.41) is 0. The average molecular weight is 342 g/mol. The largest absolute Gasteiger partial charge is 0.279 e. The molecule has 2 heteroatoms. The third-order valence-corrected chi connectivity index (χ3v) is 5.20. The molecule has 1 saturated heterocycles. The summed E-state index contributed by atoms with van der Waals surface area (Å²) in [6.07, 6.45) is 0.330. The van der Waals surface area contributed by atoms with Crippen molar-refractivity contribution in [2.45, 2.75) is 26.2 Å². The number of hydrogen-bond donors (Lipinski definition) is 0. The molecule has 132 valence electrons. The number of benzene rings is 3. The normalized spacial score (nSPS) is 16.2. The van der Waals surface area contributed by atoms with Crippen LogP contribution in [0.4, 0.5) is 0 Å².